The normalized spacial score (nSPS) is 15.1. The average molecular weight is 298 g/mol. The lowest BCUT2D eigenvalue weighted by molar-refractivity contribution is 0.498. The van der Waals surface area contributed by atoms with Crippen LogP contribution in [0.15, 0.2) is 41.7 Å². The zero-order chi connectivity index (χ0) is 15.2. The van der Waals surface area contributed by atoms with Gasteiger partial charge in [-0.05, 0) is 24.2 Å². The van der Waals surface area contributed by atoms with Crippen LogP contribution in [0.2, 0.25) is 0 Å². The van der Waals surface area contributed by atoms with Gasteiger partial charge in [-0.2, -0.15) is 0 Å². The summed E-state index contributed by atoms with van der Waals surface area (Å²) >= 11 is 5.35. The van der Waals surface area contributed by atoms with Crippen LogP contribution in [-0.4, -0.2) is 9.55 Å². The Bertz CT molecular complexity index is 843. The summed E-state index contributed by atoms with van der Waals surface area (Å²) in [6.07, 6.45) is 2.55. The predicted octanol–water partition coefficient (Wildman–Crippen LogP) is 3.59. The molecule has 0 amide bonds. The molecular formula is C17H18N2OS. The summed E-state index contributed by atoms with van der Waals surface area (Å²) in [5.74, 6) is 0. The number of allylic oxidation sites excluding steroid dienone is 1. The zero-order valence-corrected chi connectivity index (χ0v) is 13.1. The molecule has 1 aromatic heterocycles. The van der Waals surface area contributed by atoms with Crippen LogP contribution in [-0.2, 0) is 18.4 Å². The Labute approximate surface area is 129 Å². The van der Waals surface area contributed by atoms with E-state index in [2.05, 4.69) is 31.5 Å². The Kier molecular flexibility index (Phi) is 3.21. The second kappa shape index (κ2) is 4.81. The van der Waals surface area contributed by atoms with E-state index in [4.69, 9.17) is 12.2 Å². The van der Waals surface area contributed by atoms with E-state index in [1.54, 1.807) is 10.6 Å². The molecule has 3 nitrogen and oxygen atoms in total. The van der Waals surface area contributed by atoms with Crippen molar-refractivity contribution in [1.82, 2.24) is 9.55 Å². The minimum Gasteiger partial charge on any atom is -0.331 e. The van der Waals surface area contributed by atoms with Crippen molar-refractivity contribution < 1.29 is 0 Å². The van der Waals surface area contributed by atoms with Gasteiger partial charge in [-0.3, -0.25) is 9.36 Å². The highest BCUT2D eigenvalue weighted by molar-refractivity contribution is 7.71. The maximum atomic E-state index is 12.9. The van der Waals surface area contributed by atoms with Crippen molar-refractivity contribution in [2.45, 2.75) is 32.2 Å². The van der Waals surface area contributed by atoms with E-state index < -0.39 is 0 Å². The van der Waals surface area contributed by atoms with Crippen molar-refractivity contribution in [3.05, 3.63) is 63.2 Å². The standard InChI is InChI=1S/C17H18N2OS/c1-4-9-19-15(20)13-14(18-16(19)21)12-8-6-5-7-11(12)10-17(13,2)3/h4-8H,1,9-10H2,2-3H3,(H,18,21). The van der Waals surface area contributed by atoms with Crippen LogP contribution in [0.4, 0.5) is 0 Å². The topological polar surface area (TPSA) is 37.8 Å². The lowest BCUT2D eigenvalue weighted by Gasteiger charge is -2.33. The third-order valence-electron chi connectivity index (χ3n) is 4.09. The second-order valence-electron chi connectivity index (χ2n) is 6.10. The molecule has 1 aromatic carbocycles. The molecule has 0 saturated heterocycles. The van der Waals surface area contributed by atoms with Crippen molar-refractivity contribution in [2.75, 3.05) is 0 Å². The van der Waals surface area contributed by atoms with Crippen LogP contribution in [0, 0.1) is 4.77 Å². The third kappa shape index (κ3) is 2.10. The highest BCUT2D eigenvalue weighted by Crippen LogP contribution is 2.39. The van der Waals surface area contributed by atoms with E-state index in [9.17, 15) is 4.79 Å². The van der Waals surface area contributed by atoms with E-state index in [1.165, 1.54) is 5.56 Å². The van der Waals surface area contributed by atoms with Gasteiger partial charge < -0.3 is 4.98 Å². The van der Waals surface area contributed by atoms with Crippen molar-refractivity contribution in [1.29, 1.82) is 0 Å². The van der Waals surface area contributed by atoms with E-state index in [0.717, 1.165) is 23.2 Å². The summed E-state index contributed by atoms with van der Waals surface area (Å²) in [6, 6.07) is 8.19. The Morgan fingerprint density at radius 2 is 2.14 bits per heavy atom. The summed E-state index contributed by atoms with van der Waals surface area (Å²) in [6.45, 7) is 8.35. The minimum absolute atomic E-state index is 0.00634. The summed E-state index contributed by atoms with van der Waals surface area (Å²) < 4.78 is 2.03. The van der Waals surface area contributed by atoms with Gasteiger partial charge >= 0.3 is 0 Å². The number of fused-ring (bicyclic) bond motifs is 3. The molecule has 3 rings (SSSR count). The van der Waals surface area contributed by atoms with Gasteiger partial charge in [0.25, 0.3) is 5.56 Å². The number of nitrogens with one attached hydrogen (secondary N) is 1. The maximum Gasteiger partial charge on any atom is 0.258 e. The molecule has 0 spiro atoms. The molecule has 1 heterocycles. The molecule has 2 aromatic rings. The molecule has 0 fully saturated rings. The molecule has 0 aliphatic heterocycles. The number of hydrogen-bond acceptors (Lipinski definition) is 2. The van der Waals surface area contributed by atoms with Gasteiger partial charge in [0.2, 0.25) is 0 Å². The van der Waals surface area contributed by atoms with Crippen LogP contribution in [0.25, 0.3) is 11.3 Å². The minimum atomic E-state index is -0.219. The Morgan fingerprint density at radius 1 is 1.43 bits per heavy atom. The molecule has 0 atom stereocenters. The maximum absolute atomic E-state index is 12.9. The highest BCUT2D eigenvalue weighted by atomic mass is 32.1. The zero-order valence-electron chi connectivity index (χ0n) is 12.3. The Balaban J connectivity index is 2.42. The molecule has 0 radical (unpaired) electrons. The van der Waals surface area contributed by atoms with Crippen LogP contribution in [0.3, 0.4) is 0 Å². The first-order valence-electron chi connectivity index (χ1n) is 7.02. The summed E-state index contributed by atoms with van der Waals surface area (Å²) in [5, 5.41) is 0. The first kappa shape index (κ1) is 14.0. The molecular weight excluding hydrogens is 280 g/mol. The van der Waals surface area contributed by atoms with Gasteiger partial charge in [0.1, 0.15) is 0 Å². The summed E-state index contributed by atoms with van der Waals surface area (Å²) in [7, 11) is 0. The Morgan fingerprint density at radius 3 is 2.86 bits per heavy atom. The molecule has 1 aliphatic rings. The van der Waals surface area contributed by atoms with Crippen molar-refractivity contribution in [3.63, 3.8) is 0 Å². The first-order chi connectivity index (χ1) is 9.95. The summed E-state index contributed by atoms with van der Waals surface area (Å²) in [5.41, 5.74) is 3.80. The monoisotopic (exact) mass is 298 g/mol. The van der Waals surface area contributed by atoms with E-state index >= 15 is 0 Å². The molecule has 4 heteroatoms. The van der Waals surface area contributed by atoms with Gasteiger partial charge in [0.05, 0.1) is 5.69 Å². The molecule has 0 saturated carbocycles. The smallest absolute Gasteiger partial charge is 0.258 e. The quantitative estimate of drug-likeness (QED) is 0.679. The number of nitrogens with zero attached hydrogens (tertiary/aromatic N) is 1. The molecule has 0 unspecified atom stereocenters. The van der Waals surface area contributed by atoms with Gasteiger partial charge in [0, 0.05) is 23.1 Å². The summed E-state index contributed by atoms with van der Waals surface area (Å²) in [4.78, 5) is 16.1. The van der Waals surface area contributed by atoms with Crippen molar-refractivity contribution in [2.24, 2.45) is 0 Å². The predicted molar refractivity (Wildman–Crippen MR) is 88.2 cm³/mol. The molecule has 21 heavy (non-hydrogen) atoms. The molecule has 1 N–H and O–H groups in total. The SMILES string of the molecule is C=CCn1c(=S)[nH]c2c(c1=O)C(C)(C)Cc1ccccc1-2. The van der Waals surface area contributed by atoms with Crippen LogP contribution < -0.4 is 5.56 Å². The number of H-pyrrole nitrogens is 1. The third-order valence-corrected chi connectivity index (χ3v) is 4.42. The number of aromatic nitrogens is 2. The number of aromatic amines is 1. The largest absolute Gasteiger partial charge is 0.331 e. The number of rotatable bonds is 2. The van der Waals surface area contributed by atoms with Crippen LogP contribution >= 0.6 is 12.2 Å². The number of hydrogen-bond donors (Lipinski definition) is 1. The van der Waals surface area contributed by atoms with Crippen LogP contribution in [0.1, 0.15) is 25.0 Å². The van der Waals surface area contributed by atoms with Crippen molar-refractivity contribution >= 4 is 12.2 Å². The van der Waals surface area contributed by atoms with Crippen molar-refractivity contribution in [3.8, 4) is 11.3 Å². The molecule has 1 aliphatic carbocycles. The average Bonchev–Trinajstić information content (AvgIpc) is 2.42. The molecule has 0 bridgehead atoms. The Hall–Kier alpha value is -1.94. The second-order valence-corrected chi connectivity index (χ2v) is 6.49. The van der Waals surface area contributed by atoms with E-state index in [1.807, 2.05) is 18.2 Å². The van der Waals surface area contributed by atoms with E-state index in [-0.39, 0.29) is 11.0 Å². The lowest BCUT2D eigenvalue weighted by atomic mass is 9.72. The van der Waals surface area contributed by atoms with E-state index in [0.29, 0.717) is 11.3 Å². The highest BCUT2D eigenvalue weighted by Gasteiger charge is 2.34. The van der Waals surface area contributed by atoms with Crippen LogP contribution in [0.5, 0.6) is 0 Å². The van der Waals surface area contributed by atoms with Gasteiger partial charge in [0.15, 0.2) is 4.77 Å². The van der Waals surface area contributed by atoms with Gasteiger partial charge in [-0.15, -0.1) is 6.58 Å². The number of benzene rings is 1. The molecule has 108 valence electrons. The van der Waals surface area contributed by atoms with Gasteiger partial charge in [-0.25, -0.2) is 0 Å². The van der Waals surface area contributed by atoms with Gasteiger partial charge in [-0.1, -0.05) is 44.2 Å². The fourth-order valence-electron chi connectivity index (χ4n) is 3.18. The first-order valence-corrected chi connectivity index (χ1v) is 7.43. The lowest BCUT2D eigenvalue weighted by Crippen LogP contribution is -2.37. The fourth-order valence-corrected chi connectivity index (χ4v) is 3.44. The fraction of sp³-hybridized carbons (Fsp3) is 0.294.